The number of halogens is 3. The maximum Gasteiger partial charge on any atom is 0.573 e. The van der Waals surface area contributed by atoms with Gasteiger partial charge in [-0.05, 0) is 0 Å². The monoisotopic (exact) mass is 237 g/mol. The van der Waals surface area contributed by atoms with Crippen molar-refractivity contribution < 1.29 is 32.5 Å². The predicted octanol–water partition coefficient (Wildman–Crippen LogP) is 1.51. The Balaban J connectivity index is 3.18. The third-order valence-electron chi connectivity index (χ3n) is 1.49. The summed E-state index contributed by atoms with van der Waals surface area (Å²) in [7, 11) is 1.05. The van der Waals surface area contributed by atoms with E-state index in [0.29, 0.717) is 6.07 Å². The maximum atomic E-state index is 11.9. The summed E-state index contributed by atoms with van der Waals surface area (Å²) in [5.41, 5.74) is -0.439. The first-order valence-corrected chi connectivity index (χ1v) is 3.86. The lowest BCUT2D eigenvalue weighted by Crippen LogP contribution is -2.18. The van der Waals surface area contributed by atoms with Crippen LogP contribution < -0.4 is 9.47 Å². The van der Waals surface area contributed by atoms with Crippen molar-refractivity contribution in [3.05, 3.63) is 11.8 Å². The Morgan fingerprint density at radius 1 is 1.50 bits per heavy atom. The van der Waals surface area contributed by atoms with Crippen LogP contribution in [-0.4, -0.2) is 29.8 Å². The summed E-state index contributed by atoms with van der Waals surface area (Å²) in [6.45, 7) is 0. The second-order valence-electron chi connectivity index (χ2n) is 2.57. The molecule has 0 saturated carbocycles. The molecule has 8 heteroatoms. The second kappa shape index (κ2) is 4.25. The van der Waals surface area contributed by atoms with Gasteiger partial charge in [0.2, 0.25) is 0 Å². The number of alkyl halides is 3. The minimum atomic E-state index is -4.94. The topological polar surface area (TPSA) is 68.7 Å². The van der Waals surface area contributed by atoms with E-state index in [-0.39, 0.29) is 6.29 Å². The zero-order chi connectivity index (χ0) is 12.3. The molecule has 0 fully saturated rings. The average Bonchev–Trinajstić information content (AvgIpc) is 2.16. The van der Waals surface area contributed by atoms with Crippen LogP contribution in [0.2, 0.25) is 0 Å². The quantitative estimate of drug-likeness (QED) is 0.807. The van der Waals surface area contributed by atoms with Crippen molar-refractivity contribution in [1.82, 2.24) is 4.98 Å². The molecular formula is C8H6F3NO4. The van der Waals surface area contributed by atoms with E-state index in [2.05, 4.69) is 14.5 Å². The van der Waals surface area contributed by atoms with E-state index in [4.69, 9.17) is 5.11 Å². The Morgan fingerprint density at radius 3 is 2.56 bits per heavy atom. The molecule has 0 aliphatic carbocycles. The molecule has 0 amide bonds. The SMILES string of the molecule is COc1nc(C=O)c(O)cc1OC(F)(F)F. The van der Waals surface area contributed by atoms with E-state index in [1.54, 1.807) is 0 Å². The number of carbonyl (C=O) groups excluding carboxylic acids is 1. The fraction of sp³-hybridized carbons (Fsp3) is 0.250. The van der Waals surface area contributed by atoms with Gasteiger partial charge in [-0.2, -0.15) is 0 Å². The maximum absolute atomic E-state index is 11.9. The first-order valence-electron chi connectivity index (χ1n) is 3.86. The van der Waals surface area contributed by atoms with Gasteiger partial charge in [0, 0.05) is 6.07 Å². The number of aromatic hydroxyl groups is 1. The van der Waals surface area contributed by atoms with Gasteiger partial charge in [-0.25, -0.2) is 4.98 Å². The van der Waals surface area contributed by atoms with Crippen molar-refractivity contribution in [2.75, 3.05) is 7.11 Å². The number of hydrogen-bond donors (Lipinski definition) is 1. The van der Waals surface area contributed by atoms with Crippen molar-refractivity contribution in [2.24, 2.45) is 0 Å². The van der Waals surface area contributed by atoms with Crippen molar-refractivity contribution in [3.8, 4) is 17.4 Å². The first kappa shape index (κ1) is 12.1. The zero-order valence-corrected chi connectivity index (χ0v) is 7.91. The lowest BCUT2D eigenvalue weighted by Gasteiger charge is -2.12. The van der Waals surface area contributed by atoms with Gasteiger partial charge in [0.1, 0.15) is 11.4 Å². The molecule has 5 nitrogen and oxygen atoms in total. The summed E-state index contributed by atoms with van der Waals surface area (Å²) in [4.78, 5) is 13.7. The van der Waals surface area contributed by atoms with Gasteiger partial charge >= 0.3 is 6.36 Å². The predicted molar refractivity (Wildman–Crippen MR) is 44.5 cm³/mol. The highest BCUT2D eigenvalue weighted by Gasteiger charge is 2.33. The van der Waals surface area contributed by atoms with Crippen molar-refractivity contribution in [2.45, 2.75) is 6.36 Å². The molecule has 0 bridgehead atoms. The lowest BCUT2D eigenvalue weighted by atomic mass is 10.3. The minimum Gasteiger partial charge on any atom is -0.505 e. The number of ether oxygens (including phenoxy) is 2. The molecule has 16 heavy (non-hydrogen) atoms. The Labute approximate surface area is 87.4 Å². The van der Waals surface area contributed by atoms with Crippen LogP contribution in [0.3, 0.4) is 0 Å². The third kappa shape index (κ3) is 2.75. The Bertz CT molecular complexity index is 405. The lowest BCUT2D eigenvalue weighted by molar-refractivity contribution is -0.275. The minimum absolute atomic E-state index is 0.176. The number of hydrogen-bond acceptors (Lipinski definition) is 5. The van der Waals surface area contributed by atoms with Gasteiger partial charge in [0.05, 0.1) is 7.11 Å². The number of methoxy groups -OCH3 is 1. The van der Waals surface area contributed by atoms with Gasteiger partial charge in [0.25, 0.3) is 5.88 Å². The first-order chi connectivity index (χ1) is 7.37. The van der Waals surface area contributed by atoms with Crippen LogP contribution in [0.15, 0.2) is 6.07 Å². The number of nitrogens with zero attached hydrogens (tertiary/aromatic N) is 1. The van der Waals surface area contributed by atoms with Crippen LogP contribution in [0.25, 0.3) is 0 Å². The molecule has 1 aromatic heterocycles. The summed E-state index contributed by atoms with van der Waals surface area (Å²) in [5, 5.41) is 9.11. The van der Waals surface area contributed by atoms with Crippen LogP contribution in [0.5, 0.6) is 17.4 Å². The Hall–Kier alpha value is -1.99. The molecule has 0 unspecified atom stereocenters. The van der Waals surface area contributed by atoms with Crippen molar-refractivity contribution >= 4 is 6.29 Å². The Kier molecular flexibility index (Phi) is 3.21. The molecule has 0 aromatic carbocycles. The molecule has 1 heterocycles. The molecule has 1 aromatic rings. The van der Waals surface area contributed by atoms with Crippen LogP contribution in [0, 0.1) is 0 Å². The number of aromatic nitrogens is 1. The highest BCUT2D eigenvalue weighted by Crippen LogP contribution is 2.34. The number of aldehydes is 1. The van der Waals surface area contributed by atoms with Gasteiger partial charge < -0.3 is 14.6 Å². The van der Waals surface area contributed by atoms with E-state index in [1.165, 1.54) is 0 Å². The molecule has 0 saturated heterocycles. The molecule has 1 rings (SSSR count). The summed E-state index contributed by atoms with van der Waals surface area (Å²) >= 11 is 0. The van der Waals surface area contributed by atoms with E-state index in [0.717, 1.165) is 7.11 Å². The summed E-state index contributed by atoms with van der Waals surface area (Å²) < 4.78 is 43.8. The van der Waals surface area contributed by atoms with E-state index in [1.807, 2.05) is 0 Å². The van der Waals surface area contributed by atoms with Crippen LogP contribution in [-0.2, 0) is 0 Å². The van der Waals surface area contributed by atoms with Gasteiger partial charge in [0.15, 0.2) is 12.0 Å². The fourth-order valence-corrected chi connectivity index (χ4v) is 0.912. The molecule has 88 valence electrons. The molecule has 0 aliphatic rings. The number of pyridine rings is 1. The standard InChI is InChI=1S/C8H6F3NO4/c1-15-7-6(16-8(9,10)11)2-5(14)4(3-13)12-7/h2-3,14H,1H3. The van der Waals surface area contributed by atoms with Crippen LogP contribution in [0.1, 0.15) is 10.5 Å². The van der Waals surface area contributed by atoms with Crippen molar-refractivity contribution in [3.63, 3.8) is 0 Å². The summed E-state index contributed by atoms with van der Waals surface area (Å²) in [6.07, 6.45) is -4.76. The Morgan fingerprint density at radius 2 is 2.12 bits per heavy atom. The molecule has 0 atom stereocenters. The largest absolute Gasteiger partial charge is 0.573 e. The molecule has 0 aliphatic heterocycles. The number of rotatable bonds is 3. The second-order valence-corrected chi connectivity index (χ2v) is 2.57. The normalized spacial score (nSPS) is 11.0. The van der Waals surface area contributed by atoms with E-state index >= 15 is 0 Å². The molecule has 0 radical (unpaired) electrons. The highest BCUT2D eigenvalue weighted by molar-refractivity contribution is 5.77. The average molecular weight is 237 g/mol. The molecule has 1 N–H and O–H groups in total. The van der Waals surface area contributed by atoms with Crippen molar-refractivity contribution in [1.29, 1.82) is 0 Å². The highest BCUT2D eigenvalue weighted by atomic mass is 19.4. The van der Waals surface area contributed by atoms with E-state index < -0.39 is 29.4 Å². The molecule has 0 spiro atoms. The fourth-order valence-electron chi connectivity index (χ4n) is 0.912. The summed E-state index contributed by atoms with van der Waals surface area (Å²) in [6, 6.07) is 0.600. The van der Waals surface area contributed by atoms with Crippen LogP contribution in [0.4, 0.5) is 13.2 Å². The third-order valence-corrected chi connectivity index (χ3v) is 1.49. The van der Waals surface area contributed by atoms with Crippen LogP contribution >= 0.6 is 0 Å². The van der Waals surface area contributed by atoms with Gasteiger partial charge in [-0.15, -0.1) is 13.2 Å². The zero-order valence-electron chi connectivity index (χ0n) is 7.91. The smallest absolute Gasteiger partial charge is 0.505 e. The summed E-state index contributed by atoms with van der Waals surface area (Å²) in [5.74, 6) is -2.09. The van der Waals surface area contributed by atoms with Gasteiger partial charge in [-0.1, -0.05) is 0 Å². The number of carbonyl (C=O) groups is 1. The van der Waals surface area contributed by atoms with E-state index in [9.17, 15) is 18.0 Å². The van der Waals surface area contributed by atoms with Gasteiger partial charge in [-0.3, -0.25) is 4.79 Å². The molecular weight excluding hydrogens is 231 g/mol.